The van der Waals surface area contributed by atoms with Gasteiger partial charge in [0.25, 0.3) is 0 Å². The van der Waals surface area contributed by atoms with Gasteiger partial charge in [0.15, 0.2) is 11.6 Å². The van der Waals surface area contributed by atoms with Crippen molar-refractivity contribution in [2.75, 3.05) is 44.8 Å². The first-order chi connectivity index (χ1) is 17.1. The molecule has 1 aliphatic heterocycles. The second-order valence-corrected chi connectivity index (χ2v) is 10.1. The number of aromatic nitrogens is 4. The highest BCUT2D eigenvalue weighted by Crippen LogP contribution is 2.36. The molecule has 1 saturated heterocycles. The first-order valence-corrected chi connectivity index (χ1v) is 12.9. The van der Waals surface area contributed by atoms with Crippen molar-refractivity contribution in [3.8, 4) is 11.4 Å². The Hall–Kier alpha value is -3.08. The van der Waals surface area contributed by atoms with E-state index in [4.69, 9.17) is 19.8 Å². The number of fused-ring (bicyclic) bond motifs is 2. The number of nitrogens with one attached hydrogen (secondary N) is 1. The number of H-pyrrole nitrogens is 1. The van der Waals surface area contributed by atoms with E-state index in [1.807, 2.05) is 24.4 Å². The molecule has 1 aliphatic rings. The predicted octanol–water partition coefficient (Wildman–Crippen LogP) is 4.15. The number of nitrogens with zero attached hydrogens (tertiary/aromatic N) is 5. The van der Waals surface area contributed by atoms with Crippen molar-refractivity contribution in [1.29, 1.82) is 0 Å². The van der Waals surface area contributed by atoms with E-state index in [-0.39, 0.29) is 6.42 Å². The number of carboxylic acid groups (broad SMARTS) is 1. The number of hydrogen-bond donors (Lipinski definition) is 2. The van der Waals surface area contributed by atoms with Crippen molar-refractivity contribution in [2.45, 2.75) is 32.2 Å². The molecule has 0 spiro atoms. The topological polar surface area (TPSA) is 107 Å². The molecule has 0 radical (unpaired) electrons. The largest absolute Gasteiger partial charge is 0.481 e. The molecule has 1 aromatic carbocycles. The van der Waals surface area contributed by atoms with Gasteiger partial charge in [0, 0.05) is 41.9 Å². The van der Waals surface area contributed by atoms with E-state index in [9.17, 15) is 4.79 Å². The van der Waals surface area contributed by atoms with Gasteiger partial charge in [-0.25, -0.2) is 9.97 Å². The summed E-state index contributed by atoms with van der Waals surface area (Å²) in [4.78, 5) is 26.6. The fourth-order valence-electron chi connectivity index (χ4n) is 4.50. The Morgan fingerprint density at radius 2 is 2.09 bits per heavy atom. The monoisotopic (exact) mass is 494 g/mol. The Labute approximate surface area is 207 Å². The number of aromatic amines is 1. The van der Waals surface area contributed by atoms with Crippen LogP contribution in [-0.2, 0) is 16.1 Å². The van der Waals surface area contributed by atoms with Crippen LogP contribution in [0.3, 0.4) is 0 Å². The van der Waals surface area contributed by atoms with E-state index in [0.29, 0.717) is 19.0 Å². The van der Waals surface area contributed by atoms with Crippen LogP contribution in [0.5, 0.6) is 0 Å². The van der Waals surface area contributed by atoms with Gasteiger partial charge in [-0.15, -0.1) is 11.3 Å². The number of thiophene rings is 1. The fourth-order valence-corrected chi connectivity index (χ4v) is 5.69. The van der Waals surface area contributed by atoms with Crippen LogP contribution in [0.4, 0.5) is 5.82 Å². The Morgan fingerprint density at radius 3 is 2.91 bits per heavy atom. The molecule has 9 nitrogen and oxygen atoms in total. The third-order valence-corrected chi connectivity index (χ3v) is 7.40. The summed E-state index contributed by atoms with van der Waals surface area (Å²) in [5.74, 6) is 0.965. The van der Waals surface area contributed by atoms with E-state index in [1.165, 1.54) is 4.88 Å². The quantitative estimate of drug-likeness (QED) is 0.317. The Kier molecular flexibility index (Phi) is 7.21. The van der Waals surface area contributed by atoms with Crippen molar-refractivity contribution in [1.82, 2.24) is 25.1 Å². The van der Waals surface area contributed by atoms with Gasteiger partial charge < -0.3 is 19.6 Å². The normalized spacial score (nSPS) is 14.4. The summed E-state index contributed by atoms with van der Waals surface area (Å²) < 4.78 is 6.70. The van der Waals surface area contributed by atoms with Crippen LogP contribution in [0.25, 0.3) is 32.5 Å². The van der Waals surface area contributed by atoms with Gasteiger partial charge in [0.1, 0.15) is 0 Å². The smallest absolute Gasteiger partial charge is 0.303 e. The molecule has 0 aliphatic carbocycles. The lowest BCUT2D eigenvalue weighted by molar-refractivity contribution is -0.137. The number of carboxylic acids is 1. The number of aliphatic carboxylic acids is 1. The van der Waals surface area contributed by atoms with E-state index in [1.54, 1.807) is 11.3 Å². The van der Waals surface area contributed by atoms with Crippen molar-refractivity contribution in [3.05, 3.63) is 35.3 Å². The summed E-state index contributed by atoms with van der Waals surface area (Å²) in [6, 6.07) is 8.24. The maximum absolute atomic E-state index is 10.7. The number of benzene rings is 1. The number of rotatable bonds is 10. The zero-order chi connectivity index (χ0) is 24.2. The molecule has 5 rings (SSSR count). The number of unbranched alkanes of at least 4 members (excludes halogenated alkanes) is 2. The average Bonchev–Trinajstić information content (AvgIpc) is 3.50. The summed E-state index contributed by atoms with van der Waals surface area (Å²) in [6.07, 6.45) is 4.73. The molecule has 0 bridgehead atoms. The standard InChI is InChI=1S/C25H30N6O3S/c1-30(9-4-2-3-8-22(32)33)16-17-14-21-23(35-17)25(31-10-12-34-13-11-31)28-24(27-21)18-6-5-7-20-19(18)15-26-29-20/h5-7,14-15H,2-4,8-13,16H2,1H3,(H,26,29)(H,32,33). The molecule has 184 valence electrons. The van der Waals surface area contributed by atoms with Crippen molar-refractivity contribution >= 4 is 44.2 Å². The Bertz CT molecular complexity index is 1310. The van der Waals surface area contributed by atoms with Gasteiger partial charge in [-0.2, -0.15) is 5.10 Å². The van der Waals surface area contributed by atoms with E-state index >= 15 is 0 Å². The molecule has 0 saturated carbocycles. The molecular formula is C25H30N6O3S. The fraction of sp³-hybridized carbons (Fsp3) is 0.440. The Morgan fingerprint density at radius 1 is 1.23 bits per heavy atom. The van der Waals surface area contributed by atoms with Gasteiger partial charge >= 0.3 is 5.97 Å². The molecule has 0 unspecified atom stereocenters. The van der Waals surface area contributed by atoms with Crippen LogP contribution in [0.1, 0.15) is 30.6 Å². The van der Waals surface area contributed by atoms with Gasteiger partial charge in [-0.05, 0) is 38.6 Å². The zero-order valence-corrected chi connectivity index (χ0v) is 20.7. The molecule has 0 atom stereocenters. The maximum atomic E-state index is 10.7. The van der Waals surface area contributed by atoms with Crippen LogP contribution < -0.4 is 4.90 Å². The summed E-state index contributed by atoms with van der Waals surface area (Å²) in [5, 5.41) is 17.1. The van der Waals surface area contributed by atoms with Crippen LogP contribution in [0.2, 0.25) is 0 Å². The predicted molar refractivity (Wildman–Crippen MR) is 138 cm³/mol. The number of hydrogen-bond acceptors (Lipinski definition) is 8. The van der Waals surface area contributed by atoms with E-state index in [0.717, 1.165) is 77.9 Å². The van der Waals surface area contributed by atoms with Gasteiger partial charge in [-0.1, -0.05) is 18.6 Å². The van der Waals surface area contributed by atoms with Crippen LogP contribution in [0.15, 0.2) is 30.5 Å². The molecule has 4 heterocycles. The van der Waals surface area contributed by atoms with Gasteiger partial charge in [-0.3, -0.25) is 9.89 Å². The highest BCUT2D eigenvalue weighted by molar-refractivity contribution is 7.19. The minimum atomic E-state index is -0.718. The first kappa shape index (κ1) is 23.7. The minimum Gasteiger partial charge on any atom is -0.481 e. The number of ether oxygens (including phenoxy) is 1. The molecular weight excluding hydrogens is 464 g/mol. The second kappa shape index (κ2) is 10.7. The van der Waals surface area contributed by atoms with Crippen LogP contribution in [-0.4, -0.2) is 76.0 Å². The number of morpholine rings is 1. The summed E-state index contributed by atoms with van der Waals surface area (Å²) in [7, 11) is 2.11. The molecule has 4 aromatic rings. The average molecular weight is 495 g/mol. The van der Waals surface area contributed by atoms with Gasteiger partial charge in [0.05, 0.1) is 35.1 Å². The second-order valence-electron chi connectivity index (χ2n) is 8.98. The molecule has 0 amide bonds. The number of carbonyl (C=O) groups is 1. The third kappa shape index (κ3) is 5.44. The minimum absolute atomic E-state index is 0.248. The Balaban J connectivity index is 1.42. The maximum Gasteiger partial charge on any atom is 0.303 e. The lowest BCUT2D eigenvalue weighted by atomic mass is 10.1. The lowest BCUT2D eigenvalue weighted by Crippen LogP contribution is -2.36. The zero-order valence-electron chi connectivity index (χ0n) is 19.9. The molecule has 10 heteroatoms. The van der Waals surface area contributed by atoms with E-state index in [2.05, 4.69) is 33.1 Å². The van der Waals surface area contributed by atoms with Crippen molar-refractivity contribution in [2.24, 2.45) is 0 Å². The molecule has 2 N–H and O–H groups in total. The van der Waals surface area contributed by atoms with Crippen LogP contribution >= 0.6 is 11.3 Å². The van der Waals surface area contributed by atoms with Gasteiger partial charge in [0.2, 0.25) is 0 Å². The third-order valence-electron chi connectivity index (χ3n) is 6.30. The highest BCUT2D eigenvalue weighted by Gasteiger charge is 2.21. The summed E-state index contributed by atoms with van der Waals surface area (Å²) in [5.41, 5.74) is 2.90. The highest BCUT2D eigenvalue weighted by atomic mass is 32.1. The van der Waals surface area contributed by atoms with Crippen molar-refractivity contribution in [3.63, 3.8) is 0 Å². The molecule has 1 fully saturated rings. The molecule has 35 heavy (non-hydrogen) atoms. The van der Waals surface area contributed by atoms with Crippen molar-refractivity contribution < 1.29 is 14.6 Å². The SMILES string of the molecule is CN(CCCCCC(=O)O)Cc1cc2nc(-c3cccc4[nH]ncc34)nc(N3CCOCC3)c2s1. The van der Waals surface area contributed by atoms with Crippen LogP contribution in [0, 0.1) is 0 Å². The first-order valence-electron chi connectivity index (χ1n) is 12.0. The summed E-state index contributed by atoms with van der Waals surface area (Å²) >= 11 is 1.76. The summed E-state index contributed by atoms with van der Waals surface area (Å²) in [6.45, 7) is 4.77. The van der Waals surface area contributed by atoms with E-state index < -0.39 is 5.97 Å². The number of anilines is 1. The lowest BCUT2D eigenvalue weighted by Gasteiger charge is -2.28. The molecule has 3 aromatic heterocycles.